The van der Waals surface area contributed by atoms with Gasteiger partial charge in [-0.05, 0) is 0 Å². The summed E-state index contributed by atoms with van der Waals surface area (Å²) in [4.78, 5) is 15.9. The van der Waals surface area contributed by atoms with Crippen molar-refractivity contribution in [2.45, 2.75) is 0 Å². The largest absolute Gasteiger partial charge is 0.476 e. The minimum Gasteiger partial charge on any atom is -0.302 e. The van der Waals surface area contributed by atoms with Crippen LogP contribution in [0.1, 0.15) is 0 Å². The average Bonchev–Trinajstić information content (AvgIpc) is 1.60. The predicted octanol–water partition coefficient (Wildman–Crippen LogP) is -0.271. The molecule has 0 saturated carbocycles. The average molecular weight is 186 g/mol. The molecule has 0 rings (SSSR count). The maximum atomic E-state index is 10.3. The van der Waals surface area contributed by atoms with Crippen molar-refractivity contribution in [3.63, 3.8) is 0 Å². The molecule has 0 heterocycles. The summed E-state index contributed by atoms with van der Waals surface area (Å²) in [6, 6.07) is 0. The Morgan fingerprint density at radius 1 is 1.50 bits per heavy atom. The third-order valence-electron chi connectivity index (χ3n) is 0.367. The van der Waals surface area contributed by atoms with Gasteiger partial charge in [0.05, 0.1) is 0 Å². The van der Waals surface area contributed by atoms with Crippen LogP contribution >= 0.6 is 15.3 Å². The van der Waals surface area contributed by atoms with Crippen molar-refractivity contribution >= 4 is 15.3 Å². The molecule has 0 aromatic rings. The van der Waals surface area contributed by atoms with Crippen LogP contribution < -0.4 is 5.50 Å². The van der Waals surface area contributed by atoms with E-state index in [9.17, 15) is 9.13 Å². The van der Waals surface area contributed by atoms with Gasteiger partial charge in [0.1, 0.15) is 0 Å². The molecule has 0 aliphatic carbocycles. The fourth-order valence-electron chi connectivity index (χ4n) is 0.176. The number of nitrogens with zero attached hydrogens (tertiary/aromatic N) is 1. The van der Waals surface area contributed by atoms with E-state index < -0.39 is 15.3 Å². The lowest BCUT2D eigenvalue weighted by molar-refractivity contribution is 0.285. The fourth-order valence-corrected chi connectivity index (χ4v) is 1.59. The van der Waals surface area contributed by atoms with E-state index in [-0.39, 0.29) is 0 Å². The Morgan fingerprint density at radius 3 is 2.00 bits per heavy atom. The summed E-state index contributed by atoms with van der Waals surface area (Å²) in [7, 11) is -9.17. The van der Waals surface area contributed by atoms with Gasteiger partial charge in [-0.2, -0.15) is 5.26 Å². The molecule has 58 valence electrons. The quantitative estimate of drug-likeness (QED) is 0.505. The van der Waals surface area contributed by atoms with Crippen LogP contribution in [-0.2, 0) is 13.4 Å². The van der Waals surface area contributed by atoms with Crippen molar-refractivity contribution in [2.75, 3.05) is 0 Å². The van der Waals surface area contributed by atoms with Crippen molar-refractivity contribution in [1.82, 2.24) is 0 Å². The summed E-state index contributed by atoms with van der Waals surface area (Å²) in [5, 5.41) is 7.85. The zero-order valence-electron chi connectivity index (χ0n) is 4.54. The van der Waals surface area contributed by atoms with Crippen LogP contribution in [-0.4, -0.2) is 9.79 Å². The molecule has 0 aromatic carbocycles. The second-order valence-corrected chi connectivity index (χ2v) is 4.30. The zero-order chi connectivity index (χ0) is 8.41. The molecule has 0 fully saturated rings. The Bertz CT molecular complexity index is 247. The summed E-state index contributed by atoms with van der Waals surface area (Å²) in [5.74, 6) is 0.917. The van der Waals surface area contributed by atoms with Crippen LogP contribution in [0.4, 0.5) is 0 Å². The first kappa shape index (κ1) is 9.79. The second kappa shape index (κ2) is 2.81. The van der Waals surface area contributed by atoms with E-state index in [1.807, 2.05) is 0 Å². The van der Waals surface area contributed by atoms with Crippen LogP contribution in [0.5, 0.6) is 0 Å². The van der Waals surface area contributed by atoms with Crippen molar-refractivity contribution in [3.05, 3.63) is 0 Å². The molecule has 1 atom stereocenters. The number of hydrogen-bond acceptors (Lipinski definition) is 4. The molecule has 0 aromatic heterocycles. The summed E-state index contributed by atoms with van der Waals surface area (Å²) in [6.07, 6.45) is 0. The van der Waals surface area contributed by atoms with Crippen molar-refractivity contribution in [3.8, 4) is 5.81 Å². The molecule has 0 amide bonds. The van der Waals surface area contributed by atoms with Gasteiger partial charge >= 0.3 is 15.3 Å². The van der Waals surface area contributed by atoms with E-state index in [2.05, 4.69) is 9.81 Å². The molecule has 1 unspecified atom stereocenters. The predicted molar refractivity (Wildman–Crippen MR) is 30.5 cm³/mol. The van der Waals surface area contributed by atoms with Gasteiger partial charge in [-0.15, -0.1) is 0 Å². The third-order valence-corrected chi connectivity index (χ3v) is 2.47. The van der Waals surface area contributed by atoms with Crippen LogP contribution in [0.25, 0.3) is 0 Å². The molecule has 7 nitrogen and oxygen atoms in total. The van der Waals surface area contributed by atoms with Crippen LogP contribution in [0.15, 0.2) is 0 Å². The Hall–Kier alpha value is -0.210. The number of phosphoric acid groups is 1. The minimum atomic E-state index is -4.91. The van der Waals surface area contributed by atoms with E-state index >= 15 is 0 Å². The highest BCUT2D eigenvalue weighted by Gasteiger charge is 2.28. The third kappa shape index (κ3) is 4.65. The fraction of sp³-hybridized carbons (Fsp3) is 0. The lowest BCUT2D eigenvalue weighted by Gasteiger charge is -2.04. The lowest BCUT2D eigenvalue weighted by atomic mass is 11.8. The number of nitrogens with two attached hydrogens (primary N) is 1. The van der Waals surface area contributed by atoms with Crippen molar-refractivity contribution in [2.24, 2.45) is 5.50 Å². The molecular formula is CH4N2O5P2. The molecule has 4 N–H and O–H groups in total. The van der Waals surface area contributed by atoms with Crippen LogP contribution in [0, 0.1) is 11.1 Å². The number of hydrogen-bond donors (Lipinski definition) is 3. The van der Waals surface area contributed by atoms with Gasteiger partial charge in [-0.1, -0.05) is 0 Å². The maximum absolute atomic E-state index is 10.3. The monoisotopic (exact) mass is 186 g/mol. The van der Waals surface area contributed by atoms with Gasteiger partial charge in [0.2, 0.25) is 0 Å². The van der Waals surface area contributed by atoms with Crippen molar-refractivity contribution < 1.29 is 23.2 Å². The van der Waals surface area contributed by atoms with E-state index in [0.717, 1.165) is 5.81 Å². The first-order valence-corrected chi connectivity index (χ1v) is 5.06. The second-order valence-electron chi connectivity index (χ2n) is 1.27. The Kier molecular flexibility index (Phi) is 2.75. The zero-order valence-corrected chi connectivity index (χ0v) is 6.33. The van der Waals surface area contributed by atoms with Crippen molar-refractivity contribution in [1.29, 1.82) is 5.26 Å². The molecule has 0 radical (unpaired) electrons. The van der Waals surface area contributed by atoms with Gasteiger partial charge in [-0.3, -0.25) is 4.57 Å². The van der Waals surface area contributed by atoms with E-state index in [1.54, 1.807) is 0 Å². The normalized spacial score (nSPS) is 17.4. The van der Waals surface area contributed by atoms with Gasteiger partial charge in [0.15, 0.2) is 5.81 Å². The van der Waals surface area contributed by atoms with E-state index in [4.69, 9.17) is 15.0 Å². The molecule has 10 heavy (non-hydrogen) atoms. The summed E-state index contributed by atoms with van der Waals surface area (Å²) in [5.41, 5.74) is 4.48. The summed E-state index contributed by atoms with van der Waals surface area (Å²) < 4.78 is 23.6. The Labute approximate surface area is 56.2 Å². The molecule has 9 heteroatoms. The standard InChI is InChI=1S/CH4N2O5P2/c2-1-9(3,4)8-10(5,6)7/h(H2,3,4)(H2,5,6,7). The van der Waals surface area contributed by atoms with Crippen LogP contribution in [0.3, 0.4) is 0 Å². The lowest BCUT2D eigenvalue weighted by Crippen LogP contribution is -1.94. The number of nitriles is 1. The highest BCUT2D eigenvalue weighted by Crippen LogP contribution is 2.53. The first-order chi connectivity index (χ1) is 4.27. The van der Waals surface area contributed by atoms with Crippen LogP contribution in [0.2, 0.25) is 0 Å². The Balaban J connectivity index is 4.36. The highest BCUT2D eigenvalue weighted by atomic mass is 31.3. The van der Waals surface area contributed by atoms with Gasteiger partial charge in [0, 0.05) is 0 Å². The topological polar surface area (TPSA) is 134 Å². The first-order valence-electron chi connectivity index (χ1n) is 1.84. The smallest absolute Gasteiger partial charge is 0.302 e. The molecule has 0 aliphatic heterocycles. The molecule has 0 bridgehead atoms. The van der Waals surface area contributed by atoms with E-state index in [1.165, 1.54) is 0 Å². The molecule has 0 saturated heterocycles. The SMILES string of the molecule is N#CP(N)(=O)OP(=O)(O)O. The minimum absolute atomic E-state index is 0.917. The molecule has 0 aliphatic rings. The van der Waals surface area contributed by atoms with Gasteiger partial charge in [-0.25, -0.2) is 14.4 Å². The summed E-state index contributed by atoms with van der Waals surface area (Å²) in [6.45, 7) is 0. The van der Waals surface area contributed by atoms with E-state index in [0.29, 0.717) is 0 Å². The highest BCUT2D eigenvalue weighted by molar-refractivity contribution is 7.69. The van der Waals surface area contributed by atoms with Gasteiger partial charge < -0.3 is 9.79 Å². The van der Waals surface area contributed by atoms with Gasteiger partial charge in [0.25, 0.3) is 0 Å². The Morgan fingerprint density at radius 2 is 1.90 bits per heavy atom. The molecule has 0 spiro atoms. The molecular weight excluding hydrogens is 182 g/mol. The summed E-state index contributed by atoms with van der Waals surface area (Å²) >= 11 is 0. The number of rotatable bonds is 2. The maximum Gasteiger partial charge on any atom is 0.476 e.